The average Bonchev–Trinajstić information content (AvgIpc) is 3.41. The van der Waals surface area contributed by atoms with E-state index in [-0.39, 0.29) is 36.6 Å². The van der Waals surface area contributed by atoms with Gasteiger partial charge in [0.2, 0.25) is 17.7 Å². The summed E-state index contributed by atoms with van der Waals surface area (Å²) in [6.07, 6.45) is 6.37. The zero-order valence-corrected chi connectivity index (χ0v) is 20.2. The van der Waals surface area contributed by atoms with Crippen molar-refractivity contribution in [3.05, 3.63) is 78.4 Å². The van der Waals surface area contributed by atoms with Gasteiger partial charge >= 0.3 is 0 Å². The molecule has 5 rings (SSSR count). The Morgan fingerprint density at radius 3 is 2.34 bits per heavy atom. The van der Waals surface area contributed by atoms with Crippen LogP contribution in [-0.2, 0) is 26.8 Å². The molecule has 2 aliphatic heterocycles. The van der Waals surface area contributed by atoms with Crippen molar-refractivity contribution in [2.75, 3.05) is 13.6 Å². The van der Waals surface area contributed by atoms with E-state index in [0.29, 0.717) is 12.1 Å². The van der Waals surface area contributed by atoms with Crippen LogP contribution < -0.4 is 0 Å². The first-order valence-corrected chi connectivity index (χ1v) is 12.1. The van der Waals surface area contributed by atoms with Crippen molar-refractivity contribution in [1.82, 2.24) is 19.4 Å². The maximum absolute atomic E-state index is 13.8. The molecule has 2 unspecified atom stereocenters. The highest BCUT2D eigenvalue weighted by Crippen LogP contribution is 2.42. The van der Waals surface area contributed by atoms with Crippen LogP contribution in [0.5, 0.6) is 0 Å². The molecular weight excluding hydrogens is 440 g/mol. The summed E-state index contributed by atoms with van der Waals surface area (Å²) in [7, 11) is 3.44. The molecule has 0 radical (unpaired) electrons. The van der Waals surface area contributed by atoms with Gasteiger partial charge in [-0.1, -0.05) is 54.6 Å². The van der Waals surface area contributed by atoms with Crippen LogP contribution >= 0.6 is 0 Å². The molecule has 1 aromatic heterocycles. The quantitative estimate of drug-likeness (QED) is 0.531. The molecule has 7 heteroatoms. The lowest BCUT2D eigenvalue weighted by atomic mass is 9.75. The standard InChI is InChI=1S/C28H30N4O3/c1-30-17-15-29-26(30)23-10-6-7-16-32(23)25(34)19-28(18-24(33)31(2)27(28)35)22-13-11-21(12-14-22)20-8-4-3-5-9-20/h3-5,8-9,11-15,17,23H,6-7,10,16,18-19H2,1-2H3. The molecule has 2 saturated heterocycles. The van der Waals surface area contributed by atoms with Gasteiger partial charge in [-0.05, 0) is 36.0 Å². The molecule has 3 amide bonds. The molecule has 0 aliphatic carbocycles. The second kappa shape index (κ2) is 9.13. The van der Waals surface area contributed by atoms with E-state index in [1.807, 2.05) is 77.3 Å². The molecule has 35 heavy (non-hydrogen) atoms. The van der Waals surface area contributed by atoms with Crippen LogP contribution in [0.25, 0.3) is 11.1 Å². The Morgan fingerprint density at radius 2 is 1.71 bits per heavy atom. The van der Waals surface area contributed by atoms with Crippen LogP contribution in [0.15, 0.2) is 67.0 Å². The van der Waals surface area contributed by atoms with Gasteiger partial charge in [-0.15, -0.1) is 0 Å². The van der Waals surface area contributed by atoms with Crippen molar-refractivity contribution >= 4 is 17.7 Å². The van der Waals surface area contributed by atoms with Crippen LogP contribution in [0.2, 0.25) is 0 Å². The molecule has 2 atom stereocenters. The fraction of sp³-hybridized carbons (Fsp3) is 0.357. The number of likely N-dealkylation sites (tertiary alicyclic amines) is 2. The molecule has 0 spiro atoms. The third-order valence-electron chi connectivity index (χ3n) is 7.52. The number of imidazole rings is 1. The molecular formula is C28H30N4O3. The Labute approximate surface area is 205 Å². The van der Waals surface area contributed by atoms with Gasteiger partial charge in [-0.3, -0.25) is 19.3 Å². The molecule has 2 aromatic carbocycles. The summed E-state index contributed by atoms with van der Waals surface area (Å²) in [5.74, 6) is 0.176. The maximum Gasteiger partial charge on any atom is 0.240 e. The molecule has 2 aliphatic rings. The molecule has 2 fully saturated rings. The van der Waals surface area contributed by atoms with Crippen molar-refractivity contribution in [1.29, 1.82) is 0 Å². The topological polar surface area (TPSA) is 75.5 Å². The fourth-order valence-electron chi connectivity index (χ4n) is 5.52. The summed E-state index contributed by atoms with van der Waals surface area (Å²) in [6, 6.07) is 17.6. The first-order chi connectivity index (χ1) is 16.9. The Hall–Kier alpha value is -3.74. The number of carbonyl (C=O) groups is 3. The number of aromatic nitrogens is 2. The molecule has 0 saturated carbocycles. The van der Waals surface area contributed by atoms with E-state index in [9.17, 15) is 14.4 Å². The third kappa shape index (κ3) is 4.05. The zero-order valence-electron chi connectivity index (χ0n) is 20.2. The normalized spacial score (nSPS) is 22.6. The molecule has 7 nitrogen and oxygen atoms in total. The van der Waals surface area contributed by atoms with Crippen LogP contribution in [0.4, 0.5) is 0 Å². The summed E-state index contributed by atoms with van der Waals surface area (Å²) in [5.41, 5.74) is 1.61. The van der Waals surface area contributed by atoms with Gasteiger partial charge in [0.05, 0.1) is 11.5 Å². The fourth-order valence-corrected chi connectivity index (χ4v) is 5.52. The number of piperidine rings is 1. The lowest BCUT2D eigenvalue weighted by Gasteiger charge is -2.37. The number of carbonyl (C=O) groups excluding carboxylic acids is 3. The van der Waals surface area contributed by atoms with Crippen molar-refractivity contribution in [3.63, 3.8) is 0 Å². The number of nitrogens with zero attached hydrogens (tertiary/aromatic N) is 4. The van der Waals surface area contributed by atoms with Gasteiger partial charge in [0.1, 0.15) is 5.82 Å². The smallest absolute Gasteiger partial charge is 0.240 e. The van der Waals surface area contributed by atoms with Crippen molar-refractivity contribution in [3.8, 4) is 11.1 Å². The summed E-state index contributed by atoms with van der Waals surface area (Å²) in [4.78, 5) is 47.5. The number of aryl methyl sites for hydroxylation is 1. The number of hydrogen-bond donors (Lipinski definition) is 0. The second-order valence-electron chi connectivity index (χ2n) is 9.63. The minimum atomic E-state index is -1.19. The monoisotopic (exact) mass is 470 g/mol. The highest BCUT2D eigenvalue weighted by molar-refractivity contribution is 6.10. The lowest BCUT2D eigenvalue weighted by molar-refractivity contribution is -0.143. The number of imide groups is 1. The van der Waals surface area contributed by atoms with Gasteiger partial charge in [0, 0.05) is 45.9 Å². The van der Waals surface area contributed by atoms with E-state index in [2.05, 4.69) is 4.98 Å². The Kier molecular flexibility index (Phi) is 6.01. The summed E-state index contributed by atoms with van der Waals surface area (Å²) in [6.45, 7) is 0.622. The predicted octanol–water partition coefficient (Wildman–Crippen LogP) is 3.86. The highest BCUT2D eigenvalue weighted by atomic mass is 16.2. The van der Waals surface area contributed by atoms with Gasteiger partial charge in [-0.2, -0.15) is 0 Å². The van der Waals surface area contributed by atoms with Crippen LogP contribution in [-0.4, -0.2) is 50.7 Å². The van der Waals surface area contributed by atoms with Crippen LogP contribution in [0.3, 0.4) is 0 Å². The van der Waals surface area contributed by atoms with Crippen LogP contribution in [0, 0.1) is 0 Å². The van der Waals surface area contributed by atoms with Gasteiger partial charge < -0.3 is 9.47 Å². The van der Waals surface area contributed by atoms with Gasteiger partial charge in [0.25, 0.3) is 0 Å². The zero-order chi connectivity index (χ0) is 24.6. The largest absolute Gasteiger partial charge is 0.336 e. The van der Waals surface area contributed by atoms with Crippen molar-refractivity contribution in [2.24, 2.45) is 7.05 Å². The average molecular weight is 471 g/mol. The molecule has 0 bridgehead atoms. The minimum Gasteiger partial charge on any atom is -0.336 e. The van der Waals surface area contributed by atoms with Gasteiger partial charge in [-0.25, -0.2) is 4.98 Å². The summed E-state index contributed by atoms with van der Waals surface area (Å²) < 4.78 is 1.95. The van der Waals surface area contributed by atoms with Crippen molar-refractivity contribution in [2.45, 2.75) is 43.6 Å². The Balaban J connectivity index is 1.48. The first-order valence-electron chi connectivity index (χ1n) is 12.1. The molecule has 180 valence electrons. The van der Waals surface area contributed by atoms with E-state index in [1.165, 1.54) is 11.9 Å². The van der Waals surface area contributed by atoms with E-state index in [0.717, 1.165) is 36.2 Å². The number of benzene rings is 2. The molecule has 3 aromatic rings. The lowest BCUT2D eigenvalue weighted by Crippen LogP contribution is -2.45. The van der Waals surface area contributed by atoms with E-state index < -0.39 is 5.41 Å². The highest BCUT2D eigenvalue weighted by Gasteiger charge is 2.53. The number of likely N-dealkylation sites (N-methyl/N-ethyl adjacent to an activating group) is 1. The number of hydrogen-bond acceptors (Lipinski definition) is 4. The summed E-state index contributed by atoms with van der Waals surface area (Å²) >= 11 is 0. The van der Waals surface area contributed by atoms with Gasteiger partial charge in [0.15, 0.2) is 0 Å². The van der Waals surface area contributed by atoms with E-state index in [4.69, 9.17) is 0 Å². The molecule has 3 heterocycles. The van der Waals surface area contributed by atoms with Crippen LogP contribution in [0.1, 0.15) is 49.5 Å². The third-order valence-corrected chi connectivity index (χ3v) is 7.52. The Bertz CT molecular complexity index is 1250. The van der Waals surface area contributed by atoms with E-state index >= 15 is 0 Å². The Morgan fingerprint density at radius 1 is 1.00 bits per heavy atom. The SMILES string of the molecule is CN1C(=O)CC(CC(=O)N2CCCCC2c2nccn2C)(c2ccc(-c3ccccc3)cc2)C1=O. The maximum atomic E-state index is 13.8. The summed E-state index contributed by atoms with van der Waals surface area (Å²) in [5, 5.41) is 0. The minimum absolute atomic E-state index is 0.000329. The number of rotatable bonds is 5. The number of amides is 3. The predicted molar refractivity (Wildman–Crippen MR) is 132 cm³/mol. The van der Waals surface area contributed by atoms with Crippen molar-refractivity contribution < 1.29 is 14.4 Å². The van der Waals surface area contributed by atoms with E-state index in [1.54, 1.807) is 6.20 Å². The second-order valence-corrected chi connectivity index (χ2v) is 9.63. The molecule has 0 N–H and O–H groups in total. The first kappa shape index (κ1) is 23.0.